The maximum atomic E-state index is 13.9. The lowest BCUT2D eigenvalue weighted by atomic mass is 9.74. The second kappa shape index (κ2) is 8.61. The van der Waals surface area contributed by atoms with Gasteiger partial charge in [0, 0.05) is 35.8 Å². The highest BCUT2D eigenvalue weighted by Crippen LogP contribution is 2.40. The van der Waals surface area contributed by atoms with Gasteiger partial charge >= 0.3 is 0 Å². The highest BCUT2D eigenvalue weighted by molar-refractivity contribution is 5.81. The van der Waals surface area contributed by atoms with E-state index in [4.69, 9.17) is 9.72 Å². The molecule has 0 saturated heterocycles. The van der Waals surface area contributed by atoms with Gasteiger partial charge in [0.25, 0.3) is 5.91 Å². The third-order valence-electron chi connectivity index (χ3n) is 5.50. The van der Waals surface area contributed by atoms with Crippen molar-refractivity contribution in [2.24, 2.45) is 5.41 Å². The zero-order valence-electron chi connectivity index (χ0n) is 18.1. The van der Waals surface area contributed by atoms with Crippen molar-refractivity contribution in [2.45, 2.75) is 45.8 Å². The molecule has 0 aliphatic heterocycles. The molecule has 0 spiro atoms. The van der Waals surface area contributed by atoms with Crippen LogP contribution in [-0.2, 0) is 11.2 Å². The number of hydrogen-bond donors (Lipinski definition) is 1. The summed E-state index contributed by atoms with van der Waals surface area (Å²) in [6.07, 6.45) is 5.61. The largest absolute Gasteiger partial charge is 0.478 e. The number of hydrogen-bond acceptors (Lipinski definition) is 5. The molecule has 0 unspecified atom stereocenters. The average molecular weight is 438 g/mol. The summed E-state index contributed by atoms with van der Waals surface area (Å²) in [5.74, 6) is -1.54. The summed E-state index contributed by atoms with van der Waals surface area (Å²) in [5, 5.41) is 2.99. The number of nitrogens with zero attached hydrogens (tertiary/aromatic N) is 3. The van der Waals surface area contributed by atoms with Crippen LogP contribution in [0.25, 0.3) is 11.4 Å². The molecule has 1 aliphatic rings. The Bertz CT molecular complexity index is 1140. The summed E-state index contributed by atoms with van der Waals surface area (Å²) >= 11 is 0. The van der Waals surface area contributed by atoms with Gasteiger partial charge < -0.3 is 10.1 Å². The number of amides is 1. The Morgan fingerprint density at radius 1 is 1.22 bits per heavy atom. The summed E-state index contributed by atoms with van der Waals surface area (Å²) in [6.45, 7) is 5.77. The lowest BCUT2D eigenvalue weighted by molar-refractivity contribution is -0.128. The molecular formula is C24H24F2N4O2. The zero-order valence-corrected chi connectivity index (χ0v) is 18.1. The Labute approximate surface area is 185 Å². The van der Waals surface area contributed by atoms with E-state index in [-0.39, 0.29) is 17.2 Å². The van der Waals surface area contributed by atoms with Crippen molar-refractivity contribution in [1.29, 1.82) is 0 Å². The summed E-state index contributed by atoms with van der Waals surface area (Å²) in [5.41, 5.74) is 2.51. The van der Waals surface area contributed by atoms with Gasteiger partial charge in [0.2, 0.25) is 0 Å². The zero-order chi connectivity index (χ0) is 22.9. The van der Waals surface area contributed by atoms with Crippen molar-refractivity contribution < 1.29 is 18.3 Å². The molecule has 4 rings (SSSR count). The average Bonchev–Trinajstić information content (AvgIpc) is 2.75. The number of halogens is 2. The van der Waals surface area contributed by atoms with Crippen molar-refractivity contribution in [3.63, 3.8) is 0 Å². The third kappa shape index (κ3) is 4.74. The molecule has 2 heterocycles. The molecule has 3 aromatic rings. The molecule has 0 fully saturated rings. The van der Waals surface area contributed by atoms with Crippen LogP contribution in [0.4, 0.5) is 8.78 Å². The minimum absolute atomic E-state index is 0.0953. The molecule has 1 amide bonds. The van der Waals surface area contributed by atoms with Crippen molar-refractivity contribution in [3.05, 3.63) is 71.8 Å². The number of aromatic nitrogens is 3. The summed E-state index contributed by atoms with van der Waals surface area (Å²) in [4.78, 5) is 26.1. The van der Waals surface area contributed by atoms with Crippen molar-refractivity contribution in [1.82, 2.24) is 20.3 Å². The van der Waals surface area contributed by atoms with E-state index in [1.54, 1.807) is 18.6 Å². The van der Waals surface area contributed by atoms with E-state index in [0.717, 1.165) is 35.4 Å². The summed E-state index contributed by atoms with van der Waals surface area (Å²) in [7, 11) is 0. The fourth-order valence-corrected chi connectivity index (χ4v) is 3.92. The number of nitrogens with one attached hydrogen (secondary N) is 1. The van der Waals surface area contributed by atoms with Crippen LogP contribution in [0.2, 0.25) is 0 Å². The number of carbonyl (C=O) groups excluding carboxylic acids is 1. The van der Waals surface area contributed by atoms with E-state index in [0.29, 0.717) is 12.2 Å². The minimum Gasteiger partial charge on any atom is -0.478 e. The first-order chi connectivity index (χ1) is 15.2. The van der Waals surface area contributed by atoms with Crippen molar-refractivity contribution in [2.75, 3.05) is 0 Å². The standard InChI is InChI=1S/C24H24F2N4O2/c1-14(32-21-5-4-16(25)10-18(21)26)23(31)30-20-12-24(2,3)11-19-17(20)13-28-22(29-19)15-6-8-27-9-7-15/h4-10,13-14,20H,11-12H2,1-3H3,(H,30,31)/t14-,20+/m1/s1. The first kappa shape index (κ1) is 21.8. The second-order valence-corrected chi connectivity index (χ2v) is 8.77. The van der Waals surface area contributed by atoms with E-state index in [2.05, 4.69) is 29.1 Å². The highest BCUT2D eigenvalue weighted by atomic mass is 19.1. The molecule has 32 heavy (non-hydrogen) atoms. The van der Waals surface area contributed by atoms with Crippen LogP contribution in [0.1, 0.15) is 44.5 Å². The highest BCUT2D eigenvalue weighted by Gasteiger charge is 2.35. The topological polar surface area (TPSA) is 77.0 Å². The van der Waals surface area contributed by atoms with Gasteiger partial charge in [-0.2, -0.15) is 0 Å². The quantitative estimate of drug-likeness (QED) is 0.638. The fraction of sp³-hybridized carbons (Fsp3) is 0.333. The van der Waals surface area contributed by atoms with Crippen molar-refractivity contribution >= 4 is 5.91 Å². The fourth-order valence-electron chi connectivity index (χ4n) is 3.92. The van der Waals surface area contributed by atoms with Gasteiger partial charge in [0.05, 0.1) is 11.7 Å². The lowest BCUT2D eigenvalue weighted by Crippen LogP contribution is -2.42. The molecule has 0 radical (unpaired) electrons. The van der Waals surface area contributed by atoms with Gasteiger partial charge in [0.1, 0.15) is 5.82 Å². The summed E-state index contributed by atoms with van der Waals surface area (Å²) in [6, 6.07) is 6.36. The number of pyridine rings is 1. The van der Waals surface area contributed by atoms with Crippen LogP contribution in [0.15, 0.2) is 48.9 Å². The number of fused-ring (bicyclic) bond motifs is 1. The number of benzene rings is 1. The van der Waals surface area contributed by atoms with Gasteiger partial charge in [0.15, 0.2) is 23.5 Å². The van der Waals surface area contributed by atoms with Gasteiger partial charge in [-0.25, -0.2) is 18.7 Å². The third-order valence-corrected chi connectivity index (χ3v) is 5.50. The van der Waals surface area contributed by atoms with E-state index in [9.17, 15) is 13.6 Å². The van der Waals surface area contributed by atoms with E-state index >= 15 is 0 Å². The minimum atomic E-state index is -0.972. The Morgan fingerprint density at radius 3 is 2.69 bits per heavy atom. The molecule has 6 nitrogen and oxygen atoms in total. The van der Waals surface area contributed by atoms with Crippen LogP contribution in [0, 0.1) is 17.0 Å². The smallest absolute Gasteiger partial charge is 0.261 e. The second-order valence-electron chi connectivity index (χ2n) is 8.77. The SMILES string of the molecule is C[C@@H](Oc1ccc(F)cc1F)C(=O)N[C@H]1CC(C)(C)Cc2nc(-c3ccncc3)ncc21. The van der Waals surface area contributed by atoms with E-state index in [1.807, 2.05) is 12.1 Å². The van der Waals surface area contributed by atoms with Crippen molar-refractivity contribution in [3.8, 4) is 17.1 Å². The Kier molecular flexibility index (Phi) is 5.86. The molecule has 2 aromatic heterocycles. The lowest BCUT2D eigenvalue weighted by Gasteiger charge is -2.37. The van der Waals surface area contributed by atoms with Gasteiger partial charge in [-0.05, 0) is 49.4 Å². The van der Waals surface area contributed by atoms with Gasteiger partial charge in [-0.15, -0.1) is 0 Å². The van der Waals surface area contributed by atoms with Crippen LogP contribution in [0.5, 0.6) is 5.75 Å². The maximum Gasteiger partial charge on any atom is 0.261 e. The number of ether oxygens (including phenoxy) is 1. The molecule has 1 aromatic carbocycles. The summed E-state index contributed by atoms with van der Waals surface area (Å²) < 4.78 is 32.4. The van der Waals surface area contributed by atoms with Crippen LogP contribution in [0.3, 0.4) is 0 Å². The molecule has 0 bridgehead atoms. The molecular weight excluding hydrogens is 414 g/mol. The monoisotopic (exact) mass is 438 g/mol. The van der Waals surface area contributed by atoms with Crippen LogP contribution in [-0.4, -0.2) is 27.0 Å². The first-order valence-corrected chi connectivity index (χ1v) is 10.4. The molecule has 0 saturated carbocycles. The van der Waals surface area contributed by atoms with Crippen LogP contribution >= 0.6 is 0 Å². The Hall–Kier alpha value is -3.42. The first-order valence-electron chi connectivity index (χ1n) is 10.4. The van der Waals surface area contributed by atoms with Gasteiger partial charge in [-0.3, -0.25) is 9.78 Å². The molecule has 8 heteroatoms. The van der Waals surface area contributed by atoms with E-state index in [1.165, 1.54) is 13.0 Å². The predicted octanol–water partition coefficient (Wildman–Crippen LogP) is 4.41. The van der Waals surface area contributed by atoms with E-state index < -0.39 is 23.6 Å². The molecule has 166 valence electrons. The molecule has 1 aliphatic carbocycles. The van der Waals surface area contributed by atoms with Gasteiger partial charge in [-0.1, -0.05) is 13.8 Å². The number of rotatable bonds is 5. The Balaban J connectivity index is 1.54. The predicted molar refractivity (Wildman–Crippen MR) is 115 cm³/mol. The molecule has 1 N–H and O–H groups in total. The number of carbonyl (C=O) groups is 1. The normalized spacial score (nSPS) is 17.8. The Morgan fingerprint density at radius 2 is 1.97 bits per heavy atom. The molecule has 2 atom stereocenters. The van der Waals surface area contributed by atoms with Crippen LogP contribution < -0.4 is 10.1 Å². The maximum absolute atomic E-state index is 13.9.